The number of nitro groups is 2. The van der Waals surface area contributed by atoms with Crippen molar-refractivity contribution in [2.24, 2.45) is 0 Å². The molecule has 1 aromatic heterocycles. The molecular weight excluding hydrogens is 208 g/mol. The summed E-state index contributed by atoms with van der Waals surface area (Å²) in [7, 11) is 0. The summed E-state index contributed by atoms with van der Waals surface area (Å²) in [6.07, 6.45) is 0. The Hall–Kier alpha value is -2.20. The zero-order valence-electron chi connectivity index (χ0n) is 6.20. The minimum absolute atomic E-state index is 0.432. The Morgan fingerprint density at radius 1 is 1.29 bits per heavy atom. The average Bonchev–Trinajstić information content (AvgIpc) is 2.47. The number of nitrogens with zero attached hydrogens (tertiary/aromatic N) is 5. The molecular formula is C3HF2N5O4. The van der Waals surface area contributed by atoms with Crippen molar-refractivity contribution in [2.75, 3.05) is 0 Å². The molecule has 0 radical (unpaired) electrons. The van der Waals surface area contributed by atoms with Crippen molar-refractivity contribution in [3.05, 3.63) is 20.2 Å². The summed E-state index contributed by atoms with van der Waals surface area (Å²) in [5, 5.41) is 22.7. The van der Waals surface area contributed by atoms with E-state index in [1.165, 1.54) is 0 Å². The van der Waals surface area contributed by atoms with E-state index in [-0.39, 0.29) is 0 Å². The van der Waals surface area contributed by atoms with Gasteiger partial charge in [0.2, 0.25) is 0 Å². The highest BCUT2D eigenvalue weighted by Crippen LogP contribution is 2.19. The summed E-state index contributed by atoms with van der Waals surface area (Å²) in [6.45, 7) is -3.35. The maximum Gasteiger partial charge on any atom is 0.508 e. The van der Waals surface area contributed by atoms with Crippen LogP contribution >= 0.6 is 0 Å². The molecule has 0 aromatic carbocycles. The molecule has 0 amide bonds. The van der Waals surface area contributed by atoms with Crippen LogP contribution < -0.4 is 0 Å². The standard InChI is InChI=1S/C3HF2N5O4/c4-1(5)8-3(10(13)14)6-2(7-8)9(11)12/h1H. The van der Waals surface area contributed by atoms with Crippen molar-refractivity contribution in [3.63, 3.8) is 0 Å². The molecule has 0 N–H and O–H groups in total. The highest BCUT2D eigenvalue weighted by molar-refractivity contribution is 5.14. The third-order valence-corrected chi connectivity index (χ3v) is 1.11. The predicted molar refractivity (Wildman–Crippen MR) is 34.6 cm³/mol. The van der Waals surface area contributed by atoms with Gasteiger partial charge in [0.25, 0.3) is 0 Å². The third-order valence-electron chi connectivity index (χ3n) is 1.11. The summed E-state index contributed by atoms with van der Waals surface area (Å²) in [5.41, 5.74) is 0. The molecule has 0 saturated carbocycles. The molecule has 0 fully saturated rings. The van der Waals surface area contributed by atoms with Gasteiger partial charge in [-0.1, -0.05) is 0 Å². The number of hydrogen-bond acceptors (Lipinski definition) is 6. The molecule has 9 nitrogen and oxygen atoms in total. The fraction of sp³-hybridized carbons (Fsp3) is 0.333. The predicted octanol–water partition coefficient (Wildman–Crippen LogP) is 0.490. The minimum atomic E-state index is -3.35. The van der Waals surface area contributed by atoms with E-state index >= 15 is 0 Å². The Morgan fingerprint density at radius 3 is 2.14 bits per heavy atom. The monoisotopic (exact) mass is 209 g/mol. The lowest BCUT2D eigenvalue weighted by Crippen LogP contribution is -2.05. The molecule has 14 heavy (non-hydrogen) atoms. The van der Waals surface area contributed by atoms with E-state index in [1.807, 2.05) is 0 Å². The third kappa shape index (κ3) is 1.60. The van der Waals surface area contributed by atoms with Crippen LogP contribution in [-0.2, 0) is 0 Å². The van der Waals surface area contributed by atoms with Crippen LogP contribution in [0, 0.1) is 20.2 Å². The second-order valence-electron chi connectivity index (χ2n) is 1.95. The number of hydrogen-bond donors (Lipinski definition) is 0. The van der Waals surface area contributed by atoms with Gasteiger partial charge >= 0.3 is 18.4 Å². The molecule has 0 spiro atoms. The first-order valence-electron chi connectivity index (χ1n) is 2.97. The smallest absolute Gasteiger partial charge is 0.390 e. The summed E-state index contributed by atoms with van der Waals surface area (Å²) >= 11 is 0. The van der Waals surface area contributed by atoms with Gasteiger partial charge in [0, 0.05) is 4.98 Å². The second kappa shape index (κ2) is 3.27. The Labute approximate surface area is 73.3 Å². The maximum atomic E-state index is 12.0. The zero-order chi connectivity index (χ0) is 10.9. The topological polar surface area (TPSA) is 117 Å². The largest absolute Gasteiger partial charge is 0.508 e. The number of halogens is 2. The Balaban J connectivity index is 3.26. The van der Waals surface area contributed by atoms with Gasteiger partial charge in [0.1, 0.15) is 0 Å². The van der Waals surface area contributed by atoms with Crippen molar-refractivity contribution in [2.45, 2.75) is 6.55 Å². The molecule has 0 saturated heterocycles. The summed E-state index contributed by atoms with van der Waals surface area (Å²) in [4.78, 5) is 20.3. The fourth-order valence-electron chi connectivity index (χ4n) is 0.637. The number of aromatic nitrogens is 3. The average molecular weight is 209 g/mol. The molecule has 1 aromatic rings. The van der Waals surface area contributed by atoms with E-state index in [4.69, 9.17) is 0 Å². The van der Waals surface area contributed by atoms with Gasteiger partial charge in [-0.15, -0.1) is 0 Å². The van der Waals surface area contributed by atoms with Crippen LogP contribution in [0.1, 0.15) is 6.55 Å². The van der Waals surface area contributed by atoms with Gasteiger partial charge in [0.15, 0.2) is 0 Å². The van der Waals surface area contributed by atoms with E-state index < -0.39 is 33.0 Å². The van der Waals surface area contributed by atoms with E-state index in [2.05, 4.69) is 10.1 Å². The zero-order valence-corrected chi connectivity index (χ0v) is 6.20. The Morgan fingerprint density at radius 2 is 1.86 bits per heavy atom. The summed E-state index contributed by atoms with van der Waals surface area (Å²) in [6, 6.07) is 0. The van der Waals surface area contributed by atoms with Crippen LogP contribution in [0.4, 0.5) is 20.7 Å². The molecule has 1 rings (SSSR count). The van der Waals surface area contributed by atoms with Crippen LogP contribution in [0.2, 0.25) is 0 Å². The molecule has 1 heterocycles. The molecule has 76 valence electrons. The van der Waals surface area contributed by atoms with Crippen LogP contribution in [-0.4, -0.2) is 24.6 Å². The highest BCUT2D eigenvalue weighted by atomic mass is 19.3. The first kappa shape index (κ1) is 9.88. The minimum Gasteiger partial charge on any atom is -0.390 e. The lowest BCUT2D eigenvalue weighted by molar-refractivity contribution is -0.404. The second-order valence-corrected chi connectivity index (χ2v) is 1.95. The molecule has 0 unspecified atom stereocenters. The Bertz CT molecular complexity index is 388. The van der Waals surface area contributed by atoms with Crippen LogP contribution in [0.15, 0.2) is 0 Å². The maximum absolute atomic E-state index is 12.0. The van der Waals surface area contributed by atoms with Gasteiger partial charge in [0.05, 0.1) is 5.10 Å². The van der Waals surface area contributed by atoms with Crippen LogP contribution in [0.5, 0.6) is 0 Å². The normalized spacial score (nSPS) is 10.5. The Kier molecular flexibility index (Phi) is 2.31. The molecule has 11 heteroatoms. The van der Waals surface area contributed by atoms with E-state index in [1.54, 1.807) is 0 Å². The van der Waals surface area contributed by atoms with Crippen molar-refractivity contribution in [3.8, 4) is 0 Å². The summed E-state index contributed by atoms with van der Waals surface area (Å²) in [5.74, 6) is -2.61. The van der Waals surface area contributed by atoms with Crippen molar-refractivity contribution in [1.29, 1.82) is 0 Å². The van der Waals surface area contributed by atoms with Crippen LogP contribution in [0.25, 0.3) is 0 Å². The number of alkyl halides is 2. The SMILES string of the molecule is O=[N+]([O-])c1nc([N+](=O)[O-])n(C(F)F)n1. The highest BCUT2D eigenvalue weighted by Gasteiger charge is 2.33. The van der Waals surface area contributed by atoms with Gasteiger partial charge in [-0.25, -0.2) is 0 Å². The molecule has 0 aliphatic heterocycles. The van der Waals surface area contributed by atoms with E-state index in [9.17, 15) is 29.0 Å². The van der Waals surface area contributed by atoms with Crippen molar-refractivity contribution >= 4 is 11.9 Å². The fourth-order valence-corrected chi connectivity index (χ4v) is 0.637. The molecule has 0 atom stereocenters. The molecule has 0 aliphatic rings. The summed E-state index contributed by atoms with van der Waals surface area (Å²) < 4.78 is 23.6. The first-order chi connectivity index (χ1) is 6.43. The lowest BCUT2D eigenvalue weighted by atomic mass is 11.0. The van der Waals surface area contributed by atoms with Crippen molar-refractivity contribution < 1.29 is 18.6 Å². The van der Waals surface area contributed by atoms with Gasteiger partial charge < -0.3 is 20.2 Å². The molecule has 0 aliphatic carbocycles. The first-order valence-corrected chi connectivity index (χ1v) is 2.97. The number of rotatable bonds is 3. The van der Waals surface area contributed by atoms with E-state index in [0.29, 0.717) is 0 Å². The lowest BCUT2D eigenvalue weighted by Gasteiger charge is -1.91. The van der Waals surface area contributed by atoms with Gasteiger partial charge in [-0.05, 0) is 14.5 Å². The van der Waals surface area contributed by atoms with Gasteiger partial charge in [-0.3, -0.25) is 0 Å². The molecule has 0 bridgehead atoms. The van der Waals surface area contributed by atoms with E-state index in [0.717, 1.165) is 0 Å². The van der Waals surface area contributed by atoms with Crippen LogP contribution in [0.3, 0.4) is 0 Å². The van der Waals surface area contributed by atoms with Gasteiger partial charge in [-0.2, -0.15) is 8.78 Å². The van der Waals surface area contributed by atoms with Crippen molar-refractivity contribution in [1.82, 2.24) is 14.8 Å². The quantitative estimate of drug-likeness (QED) is 0.528.